The minimum absolute atomic E-state index is 0.0109. The van der Waals surface area contributed by atoms with E-state index in [1.165, 1.54) is 24.5 Å². The summed E-state index contributed by atoms with van der Waals surface area (Å²) in [5, 5.41) is 11.0. The van der Waals surface area contributed by atoms with E-state index in [-0.39, 0.29) is 23.4 Å². The lowest BCUT2D eigenvalue weighted by Gasteiger charge is -2.32. The molecule has 2 aromatic carbocycles. The fourth-order valence-electron chi connectivity index (χ4n) is 3.66. The number of carbonyl (C=O) groups excluding carboxylic acids is 1. The quantitative estimate of drug-likeness (QED) is 0.103. The number of rotatable bonds is 14. The van der Waals surface area contributed by atoms with Crippen LogP contribution in [0.5, 0.6) is 11.5 Å². The number of nitrogens with zero attached hydrogens (tertiary/aromatic N) is 2. The van der Waals surface area contributed by atoms with E-state index >= 15 is 0 Å². The topological polar surface area (TPSA) is 155 Å². The van der Waals surface area contributed by atoms with Crippen molar-refractivity contribution in [1.29, 1.82) is 5.41 Å². The van der Waals surface area contributed by atoms with Gasteiger partial charge < -0.3 is 19.6 Å². The Labute approximate surface area is 228 Å². The van der Waals surface area contributed by atoms with Crippen molar-refractivity contribution in [2.75, 3.05) is 18.5 Å². The summed E-state index contributed by atoms with van der Waals surface area (Å²) in [6.45, 7) is 9.18. The van der Waals surface area contributed by atoms with Gasteiger partial charge in [0.15, 0.2) is 23.6 Å². The molecule has 39 heavy (non-hydrogen) atoms. The number of pyridine rings is 1. The van der Waals surface area contributed by atoms with Crippen LogP contribution in [0, 0.1) is 5.41 Å². The van der Waals surface area contributed by atoms with Gasteiger partial charge in [-0.1, -0.05) is 6.07 Å². The summed E-state index contributed by atoms with van der Waals surface area (Å²) in [6, 6.07) is 14.7. The van der Waals surface area contributed by atoms with Crippen LogP contribution in [0.3, 0.4) is 0 Å². The van der Waals surface area contributed by atoms with Crippen LogP contribution < -0.4 is 25.0 Å². The normalized spacial score (nSPS) is 12.8. The lowest BCUT2D eigenvalue weighted by atomic mass is 9.90. The maximum Gasteiger partial charge on any atom is 0.254 e. The van der Waals surface area contributed by atoms with Crippen LogP contribution in [0.15, 0.2) is 76.9 Å². The van der Waals surface area contributed by atoms with Gasteiger partial charge in [-0.3, -0.25) is 10.4 Å². The van der Waals surface area contributed by atoms with Gasteiger partial charge in [-0.25, -0.2) is 18.8 Å². The van der Waals surface area contributed by atoms with Crippen molar-refractivity contribution in [3.8, 4) is 11.5 Å². The molecule has 1 heterocycles. The number of sulfonamides is 1. The molecular formula is C27H32N6O5S. The molecule has 3 rings (SSSR count). The lowest BCUT2D eigenvalue weighted by molar-refractivity contribution is -0.111. The fraction of sp³-hybridized carbons (Fsp3) is 0.259. The van der Waals surface area contributed by atoms with E-state index in [9.17, 15) is 13.2 Å². The Kier molecular flexibility index (Phi) is 9.88. The zero-order chi connectivity index (χ0) is 28.5. The number of aldehydes is 1. The molecule has 11 nitrogen and oxygen atoms in total. The number of ether oxygens (including phenoxy) is 2. The summed E-state index contributed by atoms with van der Waals surface area (Å²) in [4.78, 5) is 22.5. The Balaban J connectivity index is 1.99. The highest BCUT2D eigenvalue weighted by Crippen LogP contribution is 2.34. The molecule has 1 aromatic heterocycles. The molecule has 1 atom stereocenters. The summed E-state index contributed by atoms with van der Waals surface area (Å²) in [5.41, 5.74) is 2.81. The van der Waals surface area contributed by atoms with Gasteiger partial charge in [0.05, 0.1) is 12.7 Å². The molecule has 0 radical (unpaired) electrons. The second-order valence-electron chi connectivity index (χ2n) is 8.71. The Morgan fingerprint density at radius 1 is 1.18 bits per heavy atom. The van der Waals surface area contributed by atoms with Gasteiger partial charge >= 0.3 is 0 Å². The number of nitrogens with one attached hydrogen (secondary N) is 4. The molecule has 0 saturated carbocycles. The highest BCUT2D eigenvalue weighted by molar-refractivity contribution is 7.89. The van der Waals surface area contributed by atoms with E-state index in [0.717, 1.165) is 0 Å². The Morgan fingerprint density at radius 3 is 2.51 bits per heavy atom. The number of carbonyl (C=O) groups is 1. The molecule has 12 heteroatoms. The first-order valence-electron chi connectivity index (χ1n) is 12.1. The minimum atomic E-state index is -3.95. The standard InChI is InChI=1S/C27H32N6O5S/c1-5-37-25-15-21(10-13-24(25)38-19(2)3)27(18-34,32-22-11-8-20(9-12-22)26(28)29-4)17-31-33-39(35,36)23-7-6-14-30-16-23/h6-16,18-19,28,31-33H,4-5,17H2,1-3H3. The van der Waals surface area contributed by atoms with Gasteiger partial charge in [-0.15, -0.1) is 4.83 Å². The van der Waals surface area contributed by atoms with Crippen LogP contribution in [0.2, 0.25) is 0 Å². The third-order valence-electron chi connectivity index (χ3n) is 5.52. The number of aliphatic imine (C=N–C) groups is 1. The van der Waals surface area contributed by atoms with Crippen LogP contribution in [0.25, 0.3) is 0 Å². The summed E-state index contributed by atoms with van der Waals surface area (Å²) in [7, 11) is -3.95. The molecule has 3 aromatic rings. The number of benzene rings is 2. The summed E-state index contributed by atoms with van der Waals surface area (Å²) >= 11 is 0. The summed E-state index contributed by atoms with van der Waals surface area (Å²) in [6.07, 6.45) is 3.27. The highest BCUT2D eigenvalue weighted by atomic mass is 32.2. The van der Waals surface area contributed by atoms with Crippen LogP contribution in [-0.2, 0) is 20.4 Å². The summed E-state index contributed by atoms with van der Waals surface area (Å²) in [5.74, 6) is 0.964. The molecule has 0 aliphatic heterocycles. The largest absolute Gasteiger partial charge is 0.490 e. The van der Waals surface area contributed by atoms with Gasteiger partial charge in [0.25, 0.3) is 10.0 Å². The van der Waals surface area contributed by atoms with Gasteiger partial charge in [-0.2, -0.15) is 0 Å². The Bertz CT molecular complexity index is 1400. The van der Waals surface area contributed by atoms with Gasteiger partial charge in [-0.05, 0) is 81.6 Å². The van der Waals surface area contributed by atoms with Crippen molar-refractivity contribution in [1.82, 2.24) is 15.2 Å². The van der Waals surface area contributed by atoms with Gasteiger partial charge in [0, 0.05) is 30.2 Å². The predicted octanol–water partition coefficient (Wildman–Crippen LogP) is 3.28. The number of anilines is 1. The highest BCUT2D eigenvalue weighted by Gasteiger charge is 2.34. The second kappa shape index (κ2) is 13.1. The smallest absolute Gasteiger partial charge is 0.254 e. The van der Waals surface area contributed by atoms with Crippen molar-refractivity contribution in [2.45, 2.75) is 37.3 Å². The maximum atomic E-state index is 12.8. The molecule has 0 amide bonds. The second-order valence-corrected chi connectivity index (χ2v) is 10.4. The molecule has 4 N–H and O–H groups in total. The number of aromatic nitrogens is 1. The maximum absolute atomic E-state index is 12.8. The van der Waals surface area contributed by atoms with E-state index in [2.05, 4.69) is 32.3 Å². The van der Waals surface area contributed by atoms with Crippen LogP contribution in [0.4, 0.5) is 5.69 Å². The van der Waals surface area contributed by atoms with Crippen molar-refractivity contribution >= 4 is 34.5 Å². The monoisotopic (exact) mass is 552 g/mol. The van der Waals surface area contributed by atoms with Crippen LogP contribution >= 0.6 is 0 Å². The molecule has 0 aliphatic carbocycles. The summed E-state index contributed by atoms with van der Waals surface area (Å²) < 4.78 is 37.1. The zero-order valence-corrected chi connectivity index (χ0v) is 22.8. The van der Waals surface area contributed by atoms with Gasteiger partial charge in [0.2, 0.25) is 0 Å². The molecule has 0 fully saturated rings. The Hall–Kier alpha value is -4.13. The first-order chi connectivity index (χ1) is 18.6. The van der Waals surface area contributed by atoms with E-state index in [0.29, 0.717) is 41.2 Å². The average Bonchev–Trinajstić information content (AvgIpc) is 2.93. The van der Waals surface area contributed by atoms with Crippen molar-refractivity contribution in [2.24, 2.45) is 4.99 Å². The molecule has 1 unspecified atom stereocenters. The van der Waals surface area contributed by atoms with Crippen molar-refractivity contribution in [3.05, 3.63) is 78.1 Å². The molecule has 0 saturated heterocycles. The van der Waals surface area contributed by atoms with Gasteiger partial charge in [0.1, 0.15) is 10.4 Å². The third-order valence-corrected chi connectivity index (χ3v) is 6.80. The number of hydrogen-bond donors (Lipinski definition) is 4. The van der Waals surface area contributed by atoms with Crippen LogP contribution in [0.1, 0.15) is 31.9 Å². The number of amidine groups is 1. The van der Waals surface area contributed by atoms with E-state index in [4.69, 9.17) is 14.9 Å². The molecule has 0 spiro atoms. The molecule has 206 valence electrons. The molecular weight excluding hydrogens is 520 g/mol. The minimum Gasteiger partial charge on any atom is -0.490 e. The fourth-order valence-corrected chi connectivity index (χ4v) is 4.50. The molecule has 0 bridgehead atoms. The van der Waals surface area contributed by atoms with Crippen LogP contribution in [-0.4, -0.2) is 51.5 Å². The zero-order valence-electron chi connectivity index (χ0n) is 22.0. The lowest BCUT2D eigenvalue weighted by Crippen LogP contribution is -2.51. The first kappa shape index (κ1) is 29.4. The van der Waals surface area contributed by atoms with E-state index in [1.807, 2.05) is 20.8 Å². The average molecular weight is 553 g/mol. The number of hydrogen-bond acceptors (Lipinski definition) is 9. The SMILES string of the molecule is C=NC(=N)c1ccc(NC(C=O)(CNNS(=O)(=O)c2cccnc2)c2ccc(OC(C)C)c(OCC)c2)cc1. The molecule has 0 aliphatic rings. The Morgan fingerprint density at radius 2 is 1.92 bits per heavy atom. The van der Waals surface area contributed by atoms with Crippen molar-refractivity contribution in [3.63, 3.8) is 0 Å². The number of hydrazine groups is 1. The first-order valence-corrected chi connectivity index (χ1v) is 13.6. The van der Waals surface area contributed by atoms with E-state index < -0.39 is 15.6 Å². The van der Waals surface area contributed by atoms with Crippen molar-refractivity contribution < 1.29 is 22.7 Å². The predicted molar refractivity (Wildman–Crippen MR) is 150 cm³/mol. The van der Waals surface area contributed by atoms with E-state index in [1.54, 1.807) is 42.5 Å². The third kappa shape index (κ3) is 7.47.